The average molecular weight is 203 g/mol. The largest absolute Gasteiger partial charge is 0.379 e. The summed E-state index contributed by atoms with van der Waals surface area (Å²) < 4.78 is 0. The third-order valence-electron chi connectivity index (χ3n) is 2.40. The van der Waals surface area contributed by atoms with Gasteiger partial charge in [-0.1, -0.05) is 0 Å². The summed E-state index contributed by atoms with van der Waals surface area (Å²) in [6, 6.07) is 0. The van der Waals surface area contributed by atoms with E-state index in [1.54, 1.807) is 6.92 Å². The molecule has 0 bridgehead atoms. The fourth-order valence-corrected chi connectivity index (χ4v) is 0.998. The average Bonchev–Trinajstić information content (AvgIpc) is 2.10. The van der Waals surface area contributed by atoms with E-state index >= 15 is 0 Å². The van der Waals surface area contributed by atoms with E-state index in [0.29, 0.717) is 0 Å². The lowest BCUT2D eigenvalue weighted by Crippen LogP contribution is -2.38. The number of aliphatic hydroxyl groups excluding tert-OH is 1. The summed E-state index contributed by atoms with van der Waals surface area (Å²) in [5.74, 6) is 0. The maximum Gasteiger partial charge on any atom is 0.104 e. The van der Waals surface area contributed by atoms with Crippen LogP contribution in [0.15, 0.2) is 0 Å². The van der Waals surface area contributed by atoms with Gasteiger partial charge in [0.05, 0.1) is 0 Å². The molecular weight excluding hydrogens is 178 g/mol. The molecule has 0 aliphatic rings. The summed E-state index contributed by atoms with van der Waals surface area (Å²) in [6.07, 6.45) is -0.350. The highest BCUT2D eigenvalue weighted by molar-refractivity contribution is 4.58. The first kappa shape index (κ1) is 13.8. The van der Waals surface area contributed by atoms with E-state index in [2.05, 4.69) is 30.9 Å². The van der Waals surface area contributed by atoms with Gasteiger partial charge in [0.2, 0.25) is 0 Å². The summed E-state index contributed by atoms with van der Waals surface area (Å²) >= 11 is 0. The predicted octanol–water partition coefficient (Wildman–Crippen LogP) is -0.250. The van der Waals surface area contributed by atoms with Crippen molar-refractivity contribution in [2.24, 2.45) is 0 Å². The molecule has 0 spiro atoms. The van der Waals surface area contributed by atoms with Gasteiger partial charge in [-0.25, -0.2) is 0 Å². The Morgan fingerprint density at radius 1 is 0.929 bits per heavy atom. The molecule has 0 fully saturated rings. The van der Waals surface area contributed by atoms with E-state index in [4.69, 9.17) is 0 Å². The van der Waals surface area contributed by atoms with Crippen LogP contribution in [0, 0.1) is 0 Å². The van der Waals surface area contributed by atoms with Crippen LogP contribution in [0.2, 0.25) is 0 Å². The van der Waals surface area contributed by atoms with Gasteiger partial charge in [-0.2, -0.15) is 0 Å². The summed E-state index contributed by atoms with van der Waals surface area (Å²) in [6.45, 7) is 5.84. The molecule has 0 aromatic carbocycles. The lowest BCUT2D eigenvalue weighted by molar-refractivity contribution is 0.0332. The van der Waals surface area contributed by atoms with Crippen molar-refractivity contribution in [3.05, 3.63) is 0 Å². The SMILES string of the molecule is CC(O)N(C)CCN(C)CCN(C)C. The Morgan fingerprint density at radius 2 is 1.43 bits per heavy atom. The van der Waals surface area contributed by atoms with Crippen LogP contribution in [0.4, 0.5) is 0 Å². The molecule has 0 saturated carbocycles. The minimum Gasteiger partial charge on any atom is -0.379 e. The van der Waals surface area contributed by atoms with Crippen LogP contribution in [0.1, 0.15) is 6.92 Å². The Hall–Kier alpha value is -0.160. The van der Waals surface area contributed by atoms with Crippen LogP contribution in [0.25, 0.3) is 0 Å². The molecule has 0 heterocycles. The van der Waals surface area contributed by atoms with Crippen LogP contribution in [-0.2, 0) is 0 Å². The summed E-state index contributed by atoms with van der Waals surface area (Å²) in [4.78, 5) is 6.39. The monoisotopic (exact) mass is 203 g/mol. The van der Waals surface area contributed by atoms with E-state index < -0.39 is 0 Å². The van der Waals surface area contributed by atoms with E-state index in [0.717, 1.165) is 26.2 Å². The fourth-order valence-electron chi connectivity index (χ4n) is 0.998. The van der Waals surface area contributed by atoms with Gasteiger partial charge in [0.15, 0.2) is 0 Å². The highest BCUT2D eigenvalue weighted by atomic mass is 16.3. The Bertz CT molecular complexity index is 139. The number of rotatable bonds is 7. The first-order valence-corrected chi connectivity index (χ1v) is 5.15. The molecule has 0 saturated heterocycles. The lowest BCUT2D eigenvalue weighted by Gasteiger charge is -2.24. The fraction of sp³-hybridized carbons (Fsp3) is 1.00. The van der Waals surface area contributed by atoms with Crippen LogP contribution < -0.4 is 0 Å². The maximum absolute atomic E-state index is 9.25. The summed E-state index contributed by atoms with van der Waals surface area (Å²) in [5, 5.41) is 9.25. The van der Waals surface area contributed by atoms with Gasteiger partial charge in [-0.3, -0.25) is 4.90 Å². The number of hydrogen-bond acceptors (Lipinski definition) is 4. The minimum atomic E-state index is -0.350. The number of hydrogen-bond donors (Lipinski definition) is 1. The number of aliphatic hydroxyl groups is 1. The van der Waals surface area contributed by atoms with Crippen molar-refractivity contribution >= 4 is 0 Å². The van der Waals surface area contributed by atoms with Crippen LogP contribution in [0.5, 0.6) is 0 Å². The summed E-state index contributed by atoms with van der Waals surface area (Å²) in [5.41, 5.74) is 0. The highest BCUT2D eigenvalue weighted by Crippen LogP contribution is 1.91. The van der Waals surface area contributed by atoms with Crippen molar-refractivity contribution in [1.82, 2.24) is 14.7 Å². The molecule has 4 heteroatoms. The molecule has 1 N–H and O–H groups in total. The molecule has 86 valence electrons. The smallest absolute Gasteiger partial charge is 0.104 e. The molecule has 1 unspecified atom stereocenters. The molecule has 0 amide bonds. The Kier molecular flexibility index (Phi) is 7.09. The van der Waals surface area contributed by atoms with Crippen molar-refractivity contribution in [2.75, 3.05) is 54.4 Å². The molecule has 0 aromatic rings. The van der Waals surface area contributed by atoms with Crippen LogP contribution >= 0.6 is 0 Å². The van der Waals surface area contributed by atoms with Gasteiger partial charge in [0, 0.05) is 26.2 Å². The zero-order valence-electron chi connectivity index (χ0n) is 10.2. The van der Waals surface area contributed by atoms with Crippen molar-refractivity contribution < 1.29 is 5.11 Å². The second kappa shape index (κ2) is 7.17. The zero-order valence-corrected chi connectivity index (χ0v) is 10.2. The van der Waals surface area contributed by atoms with E-state index in [1.165, 1.54) is 0 Å². The van der Waals surface area contributed by atoms with Crippen molar-refractivity contribution in [3.63, 3.8) is 0 Å². The van der Waals surface area contributed by atoms with E-state index in [9.17, 15) is 5.11 Å². The lowest BCUT2D eigenvalue weighted by atomic mass is 10.4. The molecule has 14 heavy (non-hydrogen) atoms. The van der Waals surface area contributed by atoms with Gasteiger partial charge < -0.3 is 14.9 Å². The molecule has 0 radical (unpaired) electrons. The van der Waals surface area contributed by atoms with Crippen molar-refractivity contribution in [3.8, 4) is 0 Å². The Balaban J connectivity index is 3.48. The van der Waals surface area contributed by atoms with E-state index in [1.807, 2.05) is 11.9 Å². The van der Waals surface area contributed by atoms with Gasteiger partial charge in [-0.05, 0) is 35.1 Å². The molecule has 0 aliphatic heterocycles. The second-order valence-corrected chi connectivity index (χ2v) is 4.22. The topological polar surface area (TPSA) is 30.0 Å². The third kappa shape index (κ3) is 7.26. The molecular formula is C10H25N3O. The molecule has 0 aromatic heterocycles. The Morgan fingerprint density at radius 3 is 1.86 bits per heavy atom. The van der Waals surface area contributed by atoms with Crippen LogP contribution in [0.3, 0.4) is 0 Å². The standard InChI is InChI=1S/C10H25N3O/c1-10(14)13(5)9-8-12(4)7-6-11(2)3/h10,14H,6-9H2,1-5H3. The first-order valence-electron chi connectivity index (χ1n) is 5.15. The third-order valence-corrected chi connectivity index (χ3v) is 2.40. The number of likely N-dealkylation sites (N-methyl/N-ethyl adjacent to an activating group) is 3. The van der Waals surface area contributed by atoms with Crippen LogP contribution in [-0.4, -0.2) is 80.4 Å². The Labute approximate surface area is 88.1 Å². The molecule has 0 aliphatic carbocycles. The van der Waals surface area contributed by atoms with Gasteiger partial charge in [0.1, 0.15) is 6.23 Å². The zero-order chi connectivity index (χ0) is 11.1. The molecule has 1 atom stereocenters. The quantitative estimate of drug-likeness (QED) is 0.578. The molecule has 4 nitrogen and oxygen atoms in total. The van der Waals surface area contributed by atoms with Gasteiger partial charge in [-0.15, -0.1) is 0 Å². The minimum absolute atomic E-state index is 0.350. The van der Waals surface area contributed by atoms with Gasteiger partial charge in [0.25, 0.3) is 0 Å². The van der Waals surface area contributed by atoms with Crippen molar-refractivity contribution in [2.45, 2.75) is 13.2 Å². The summed E-state index contributed by atoms with van der Waals surface area (Å²) in [7, 11) is 8.20. The second-order valence-electron chi connectivity index (χ2n) is 4.22. The van der Waals surface area contributed by atoms with Gasteiger partial charge >= 0.3 is 0 Å². The van der Waals surface area contributed by atoms with E-state index in [-0.39, 0.29) is 6.23 Å². The normalized spacial score (nSPS) is 14.4. The highest BCUT2D eigenvalue weighted by Gasteiger charge is 2.05. The van der Waals surface area contributed by atoms with Crippen molar-refractivity contribution in [1.29, 1.82) is 0 Å². The predicted molar refractivity (Wildman–Crippen MR) is 60.4 cm³/mol. The number of nitrogens with zero attached hydrogens (tertiary/aromatic N) is 3. The maximum atomic E-state index is 9.25. The first-order chi connectivity index (χ1) is 6.43. The molecule has 0 rings (SSSR count).